The standard InChI is InChI=1S/C14H23N3O/c1-17-8-7-16-12(10-17)9-14(15)11-3-5-13(18-2)6-4-11/h3-6,12,14,16H,7-10,15H2,1-2H3. The van der Waals surface area contributed by atoms with Crippen LogP contribution in [0.1, 0.15) is 18.0 Å². The van der Waals surface area contributed by atoms with E-state index in [1.807, 2.05) is 12.1 Å². The fraction of sp³-hybridized carbons (Fsp3) is 0.571. The van der Waals surface area contributed by atoms with Crippen LogP contribution in [0.2, 0.25) is 0 Å². The van der Waals surface area contributed by atoms with Gasteiger partial charge in [0, 0.05) is 31.7 Å². The molecule has 1 fully saturated rings. The van der Waals surface area contributed by atoms with Crippen LogP contribution in [0.15, 0.2) is 24.3 Å². The van der Waals surface area contributed by atoms with Crippen LogP contribution in [0.4, 0.5) is 0 Å². The Morgan fingerprint density at radius 1 is 1.44 bits per heavy atom. The summed E-state index contributed by atoms with van der Waals surface area (Å²) >= 11 is 0. The lowest BCUT2D eigenvalue weighted by molar-refractivity contribution is 0.226. The summed E-state index contributed by atoms with van der Waals surface area (Å²) in [4.78, 5) is 2.35. The maximum atomic E-state index is 6.26. The number of ether oxygens (including phenoxy) is 1. The molecule has 0 amide bonds. The third kappa shape index (κ3) is 3.45. The molecule has 100 valence electrons. The van der Waals surface area contributed by atoms with Crippen LogP contribution in [0.3, 0.4) is 0 Å². The first-order valence-corrected chi connectivity index (χ1v) is 6.50. The average Bonchev–Trinajstić information content (AvgIpc) is 2.39. The highest BCUT2D eigenvalue weighted by molar-refractivity contribution is 5.29. The predicted octanol–water partition coefficient (Wildman–Crippen LogP) is 0.989. The third-order valence-corrected chi connectivity index (χ3v) is 3.54. The number of benzene rings is 1. The van der Waals surface area contributed by atoms with Gasteiger partial charge in [-0.2, -0.15) is 0 Å². The molecule has 4 heteroatoms. The predicted molar refractivity (Wildman–Crippen MR) is 73.8 cm³/mol. The molecule has 0 aromatic heterocycles. The van der Waals surface area contributed by atoms with Gasteiger partial charge >= 0.3 is 0 Å². The third-order valence-electron chi connectivity index (χ3n) is 3.54. The van der Waals surface area contributed by atoms with Gasteiger partial charge in [0.25, 0.3) is 0 Å². The summed E-state index contributed by atoms with van der Waals surface area (Å²) in [5, 5.41) is 3.53. The van der Waals surface area contributed by atoms with Crippen LogP contribution in [-0.2, 0) is 0 Å². The van der Waals surface area contributed by atoms with Gasteiger partial charge in [0.15, 0.2) is 0 Å². The fourth-order valence-electron chi connectivity index (χ4n) is 2.44. The number of nitrogens with zero attached hydrogens (tertiary/aromatic N) is 1. The minimum atomic E-state index is 0.0832. The van der Waals surface area contributed by atoms with Crippen molar-refractivity contribution in [2.75, 3.05) is 33.8 Å². The van der Waals surface area contributed by atoms with Gasteiger partial charge in [0.05, 0.1) is 7.11 Å². The van der Waals surface area contributed by atoms with Gasteiger partial charge < -0.3 is 20.7 Å². The maximum absolute atomic E-state index is 6.26. The zero-order valence-corrected chi connectivity index (χ0v) is 11.2. The number of nitrogens with one attached hydrogen (secondary N) is 1. The Morgan fingerprint density at radius 3 is 2.78 bits per heavy atom. The van der Waals surface area contributed by atoms with E-state index in [0.717, 1.165) is 31.8 Å². The lowest BCUT2D eigenvalue weighted by atomic mass is 9.99. The zero-order valence-electron chi connectivity index (χ0n) is 11.2. The Labute approximate surface area is 109 Å². The molecule has 1 aromatic carbocycles. The topological polar surface area (TPSA) is 50.5 Å². The smallest absolute Gasteiger partial charge is 0.118 e. The van der Waals surface area contributed by atoms with Crippen molar-refractivity contribution in [3.8, 4) is 5.75 Å². The second kappa shape index (κ2) is 6.18. The van der Waals surface area contributed by atoms with Crippen molar-refractivity contribution in [1.82, 2.24) is 10.2 Å². The van der Waals surface area contributed by atoms with Gasteiger partial charge in [-0.15, -0.1) is 0 Å². The number of methoxy groups -OCH3 is 1. The minimum absolute atomic E-state index is 0.0832. The number of hydrogen-bond acceptors (Lipinski definition) is 4. The molecule has 18 heavy (non-hydrogen) atoms. The quantitative estimate of drug-likeness (QED) is 0.835. The molecule has 1 aromatic rings. The Morgan fingerprint density at radius 2 is 2.17 bits per heavy atom. The van der Waals surface area contributed by atoms with Crippen molar-refractivity contribution in [2.24, 2.45) is 5.73 Å². The van der Waals surface area contributed by atoms with Crippen LogP contribution in [0.5, 0.6) is 5.75 Å². The Hall–Kier alpha value is -1.10. The van der Waals surface area contributed by atoms with Crippen molar-refractivity contribution in [3.63, 3.8) is 0 Å². The summed E-state index contributed by atoms with van der Waals surface area (Å²) in [5.74, 6) is 0.876. The molecule has 1 aliphatic rings. The van der Waals surface area contributed by atoms with E-state index in [2.05, 4.69) is 29.4 Å². The molecule has 1 aliphatic heterocycles. The van der Waals surface area contributed by atoms with E-state index in [1.165, 1.54) is 5.56 Å². The summed E-state index contributed by atoms with van der Waals surface area (Å²) in [7, 11) is 3.84. The lowest BCUT2D eigenvalue weighted by Gasteiger charge is -2.32. The molecule has 4 nitrogen and oxygen atoms in total. The first-order valence-electron chi connectivity index (χ1n) is 6.50. The van der Waals surface area contributed by atoms with E-state index in [9.17, 15) is 0 Å². The summed E-state index contributed by atoms with van der Waals surface area (Å²) in [6, 6.07) is 8.61. The molecule has 0 bridgehead atoms. The first-order chi connectivity index (χ1) is 8.69. The largest absolute Gasteiger partial charge is 0.497 e. The molecule has 2 atom stereocenters. The molecule has 2 rings (SSSR count). The van der Waals surface area contributed by atoms with E-state index in [-0.39, 0.29) is 6.04 Å². The van der Waals surface area contributed by atoms with Crippen LogP contribution in [0, 0.1) is 0 Å². The molecule has 1 heterocycles. The highest BCUT2D eigenvalue weighted by Gasteiger charge is 2.19. The maximum Gasteiger partial charge on any atom is 0.118 e. The molecule has 0 saturated carbocycles. The second-order valence-corrected chi connectivity index (χ2v) is 5.03. The van der Waals surface area contributed by atoms with Gasteiger partial charge in [-0.1, -0.05) is 12.1 Å². The van der Waals surface area contributed by atoms with E-state index in [1.54, 1.807) is 7.11 Å². The van der Waals surface area contributed by atoms with Crippen LogP contribution in [-0.4, -0.2) is 44.7 Å². The SMILES string of the molecule is COc1ccc(C(N)CC2CN(C)CCN2)cc1. The van der Waals surface area contributed by atoms with E-state index in [4.69, 9.17) is 10.5 Å². The summed E-state index contributed by atoms with van der Waals surface area (Å²) in [6.45, 7) is 3.24. The Balaban J connectivity index is 1.91. The first kappa shape index (κ1) is 13.3. The van der Waals surface area contributed by atoms with Crippen LogP contribution < -0.4 is 15.8 Å². The summed E-state index contributed by atoms with van der Waals surface area (Å²) in [6.07, 6.45) is 0.969. The van der Waals surface area contributed by atoms with Gasteiger partial charge in [-0.05, 0) is 31.2 Å². The van der Waals surface area contributed by atoms with Gasteiger partial charge in [0.1, 0.15) is 5.75 Å². The number of rotatable bonds is 4. The fourth-order valence-corrected chi connectivity index (χ4v) is 2.44. The lowest BCUT2D eigenvalue weighted by Crippen LogP contribution is -2.49. The molecule has 0 radical (unpaired) electrons. The van der Waals surface area contributed by atoms with E-state index in [0.29, 0.717) is 6.04 Å². The van der Waals surface area contributed by atoms with Gasteiger partial charge in [-0.3, -0.25) is 0 Å². The molecule has 0 aliphatic carbocycles. The molecule has 3 N–H and O–H groups in total. The number of nitrogens with two attached hydrogens (primary N) is 1. The molecular weight excluding hydrogens is 226 g/mol. The van der Waals surface area contributed by atoms with Crippen molar-refractivity contribution in [2.45, 2.75) is 18.5 Å². The van der Waals surface area contributed by atoms with Crippen molar-refractivity contribution in [3.05, 3.63) is 29.8 Å². The normalized spacial score (nSPS) is 22.7. The van der Waals surface area contributed by atoms with Crippen molar-refractivity contribution >= 4 is 0 Å². The zero-order chi connectivity index (χ0) is 13.0. The Kier molecular flexibility index (Phi) is 4.58. The highest BCUT2D eigenvalue weighted by atomic mass is 16.5. The highest BCUT2D eigenvalue weighted by Crippen LogP contribution is 2.20. The van der Waals surface area contributed by atoms with E-state index >= 15 is 0 Å². The second-order valence-electron chi connectivity index (χ2n) is 5.03. The van der Waals surface area contributed by atoms with Crippen molar-refractivity contribution in [1.29, 1.82) is 0 Å². The van der Waals surface area contributed by atoms with Crippen molar-refractivity contribution < 1.29 is 4.74 Å². The summed E-state index contributed by atoms with van der Waals surface area (Å²) < 4.78 is 5.15. The molecule has 2 unspecified atom stereocenters. The van der Waals surface area contributed by atoms with Gasteiger partial charge in [0.2, 0.25) is 0 Å². The number of likely N-dealkylation sites (N-methyl/N-ethyl adjacent to an activating group) is 1. The number of piperazine rings is 1. The molecule has 1 saturated heterocycles. The average molecular weight is 249 g/mol. The Bertz CT molecular complexity index is 366. The summed E-state index contributed by atoms with van der Waals surface area (Å²) in [5.41, 5.74) is 7.44. The number of hydrogen-bond donors (Lipinski definition) is 2. The van der Waals surface area contributed by atoms with E-state index < -0.39 is 0 Å². The monoisotopic (exact) mass is 249 g/mol. The molecule has 0 spiro atoms. The van der Waals surface area contributed by atoms with Gasteiger partial charge in [-0.25, -0.2) is 0 Å². The van der Waals surface area contributed by atoms with Crippen LogP contribution in [0.25, 0.3) is 0 Å². The molecular formula is C14H23N3O. The van der Waals surface area contributed by atoms with Crippen LogP contribution >= 0.6 is 0 Å². The minimum Gasteiger partial charge on any atom is -0.497 e.